The monoisotopic (exact) mass is 259 g/mol. The molecule has 0 atom stereocenters. The number of carbonyl (C=O) groups excluding carboxylic acids is 1. The van der Waals surface area contributed by atoms with Crippen molar-refractivity contribution in [3.05, 3.63) is 40.0 Å². The van der Waals surface area contributed by atoms with Gasteiger partial charge in [0, 0.05) is 31.4 Å². The van der Waals surface area contributed by atoms with Gasteiger partial charge in [0.2, 0.25) is 0 Å². The fourth-order valence-electron chi connectivity index (χ4n) is 1.06. The Bertz CT molecular complexity index is 442. The second-order valence-electron chi connectivity index (χ2n) is 3.43. The minimum absolute atomic E-state index is 0.0640. The molecule has 1 N–H and O–H groups in total. The molecule has 0 saturated heterocycles. The number of rotatable bonds is 3. The van der Waals surface area contributed by atoms with Crippen LogP contribution >= 0.6 is 23.2 Å². The van der Waals surface area contributed by atoms with Gasteiger partial charge in [0.1, 0.15) is 5.75 Å². The summed E-state index contributed by atoms with van der Waals surface area (Å²) in [6.45, 7) is 0. The molecule has 0 amide bonds. The number of benzene rings is 1. The second kappa shape index (κ2) is 5.23. The zero-order valence-electron chi connectivity index (χ0n) is 8.87. The highest BCUT2D eigenvalue weighted by Crippen LogP contribution is 2.31. The van der Waals surface area contributed by atoms with Crippen molar-refractivity contribution in [3.8, 4) is 5.75 Å². The number of nitrogens with zero attached hydrogens (tertiary/aromatic N) is 1. The summed E-state index contributed by atoms with van der Waals surface area (Å²) in [5.41, 5.74) is 0.0931. The first-order valence-corrected chi connectivity index (χ1v) is 5.24. The smallest absolute Gasteiger partial charge is 0.191 e. The predicted molar refractivity (Wildman–Crippen MR) is 65.3 cm³/mol. The summed E-state index contributed by atoms with van der Waals surface area (Å²) >= 11 is 11.5. The van der Waals surface area contributed by atoms with E-state index >= 15 is 0 Å². The van der Waals surface area contributed by atoms with Crippen molar-refractivity contribution in [3.63, 3.8) is 0 Å². The van der Waals surface area contributed by atoms with Gasteiger partial charge in [0.25, 0.3) is 0 Å². The Morgan fingerprint density at radius 1 is 1.38 bits per heavy atom. The predicted octanol–water partition coefficient (Wildman–Crippen LogP) is 2.96. The molecule has 1 aromatic rings. The number of aromatic hydroxyl groups is 1. The summed E-state index contributed by atoms with van der Waals surface area (Å²) in [7, 11) is 3.57. The number of phenols is 1. The highest BCUT2D eigenvalue weighted by atomic mass is 35.5. The molecule has 0 unspecified atom stereocenters. The molecule has 0 aliphatic rings. The molecular weight excluding hydrogens is 249 g/mol. The summed E-state index contributed by atoms with van der Waals surface area (Å²) in [5, 5.41) is 9.97. The zero-order valence-corrected chi connectivity index (χ0v) is 10.4. The molecule has 86 valence electrons. The molecule has 0 aliphatic carbocycles. The van der Waals surface area contributed by atoms with Crippen LogP contribution < -0.4 is 0 Å². The van der Waals surface area contributed by atoms with E-state index in [1.54, 1.807) is 25.2 Å². The van der Waals surface area contributed by atoms with E-state index in [4.69, 9.17) is 23.2 Å². The average Bonchev–Trinajstić information content (AvgIpc) is 2.19. The van der Waals surface area contributed by atoms with E-state index < -0.39 is 0 Å². The van der Waals surface area contributed by atoms with Crippen LogP contribution in [0, 0.1) is 0 Å². The maximum atomic E-state index is 11.7. The molecule has 0 saturated carbocycles. The maximum absolute atomic E-state index is 11.7. The molecule has 0 spiro atoms. The Morgan fingerprint density at radius 3 is 2.56 bits per heavy atom. The van der Waals surface area contributed by atoms with Crippen molar-refractivity contribution >= 4 is 29.0 Å². The van der Waals surface area contributed by atoms with Crippen molar-refractivity contribution in [2.45, 2.75) is 0 Å². The lowest BCUT2D eigenvalue weighted by Crippen LogP contribution is -2.03. The first kappa shape index (κ1) is 12.9. The van der Waals surface area contributed by atoms with Crippen LogP contribution in [0.3, 0.4) is 0 Å². The lowest BCUT2D eigenvalue weighted by molar-refractivity contribution is 0.104. The highest BCUT2D eigenvalue weighted by molar-refractivity contribution is 6.36. The summed E-state index contributed by atoms with van der Waals surface area (Å²) in [6.07, 6.45) is 2.91. The van der Waals surface area contributed by atoms with Crippen molar-refractivity contribution in [1.29, 1.82) is 0 Å². The maximum Gasteiger partial charge on any atom is 0.191 e. The van der Waals surface area contributed by atoms with Gasteiger partial charge >= 0.3 is 0 Å². The molecule has 0 aromatic heterocycles. The molecular formula is C11H11Cl2NO2. The molecule has 1 rings (SSSR count). The van der Waals surface area contributed by atoms with Gasteiger partial charge in [-0.05, 0) is 12.1 Å². The fourth-order valence-corrected chi connectivity index (χ4v) is 1.55. The summed E-state index contributed by atoms with van der Waals surface area (Å²) in [4.78, 5) is 13.4. The molecule has 0 fully saturated rings. The van der Waals surface area contributed by atoms with Crippen LogP contribution in [0.25, 0.3) is 0 Å². The Kier molecular flexibility index (Phi) is 4.21. The molecule has 0 bridgehead atoms. The first-order chi connectivity index (χ1) is 7.41. The number of hydrogen-bond donors (Lipinski definition) is 1. The van der Waals surface area contributed by atoms with Gasteiger partial charge in [-0.1, -0.05) is 23.2 Å². The van der Waals surface area contributed by atoms with E-state index in [1.807, 2.05) is 0 Å². The number of allylic oxidation sites excluding steroid dienone is 1. The topological polar surface area (TPSA) is 40.5 Å². The average molecular weight is 260 g/mol. The van der Waals surface area contributed by atoms with E-state index in [9.17, 15) is 9.90 Å². The molecule has 5 heteroatoms. The van der Waals surface area contributed by atoms with E-state index in [0.29, 0.717) is 5.02 Å². The van der Waals surface area contributed by atoms with Crippen LogP contribution in [0.4, 0.5) is 0 Å². The SMILES string of the molecule is CN(C)C=CC(=O)c1cc(Cl)cc(Cl)c1O. The summed E-state index contributed by atoms with van der Waals surface area (Å²) < 4.78 is 0. The lowest BCUT2D eigenvalue weighted by Gasteiger charge is -2.05. The van der Waals surface area contributed by atoms with Crippen LogP contribution in [-0.4, -0.2) is 29.9 Å². The van der Waals surface area contributed by atoms with Gasteiger partial charge in [-0.2, -0.15) is 0 Å². The Labute approximate surface area is 104 Å². The van der Waals surface area contributed by atoms with E-state index in [2.05, 4.69) is 0 Å². The first-order valence-electron chi connectivity index (χ1n) is 4.49. The normalized spacial score (nSPS) is 10.8. The molecule has 3 nitrogen and oxygen atoms in total. The molecule has 0 aliphatic heterocycles. The van der Waals surface area contributed by atoms with Crippen LogP contribution in [0.2, 0.25) is 10.0 Å². The number of carbonyl (C=O) groups is 1. The summed E-state index contributed by atoms with van der Waals surface area (Å²) in [5.74, 6) is -0.602. The van der Waals surface area contributed by atoms with E-state index in [-0.39, 0.29) is 22.1 Å². The summed E-state index contributed by atoms with van der Waals surface area (Å²) in [6, 6.07) is 2.76. The van der Waals surface area contributed by atoms with Crippen LogP contribution in [0.1, 0.15) is 10.4 Å². The Hall–Kier alpha value is -1.19. The van der Waals surface area contributed by atoms with Crippen molar-refractivity contribution in [2.24, 2.45) is 0 Å². The van der Waals surface area contributed by atoms with Gasteiger partial charge in [0.15, 0.2) is 5.78 Å². The number of halogens is 2. The van der Waals surface area contributed by atoms with Crippen molar-refractivity contribution in [2.75, 3.05) is 14.1 Å². The Balaban J connectivity index is 3.09. The number of ketones is 1. The van der Waals surface area contributed by atoms with Gasteiger partial charge in [-0.15, -0.1) is 0 Å². The van der Waals surface area contributed by atoms with Crippen LogP contribution in [0.15, 0.2) is 24.4 Å². The quantitative estimate of drug-likeness (QED) is 0.671. The fraction of sp³-hybridized carbons (Fsp3) is 0.182. The van der Waals surface area contributed by atoms with Gasteiger partial charge in [-0.3, -0.25) is 4.79 Å². The van der Waals surface area contributed by atoms with Crippen molar-refractivity contribution < 1.29 is 9.90 Å². The van der Waals surface area contributed by atoms with Crippen LogP contribution in [-0.2, 0) is 0 Å². The minimum Gasteiger partial charge on any atom is -0.506 e. The minimum atomic E-state index is -0.351. The lowest BCUT2D eigenvalue weighted by atomic mass is 10.1. The molecule has 1 aromatic carbocycles. The Morgan fingerprint density at radius 2 is 2.00 bits per heavy atom. The van der Waals surface area contributed by atoms with E-state index in [0.717, 1.165) is 0 Å². The third-order valence-electron chi connectivity index (χ3n) is 1.82. The van der Waals surface area contributed by atoms with Crippen molar-refractivity contribution in [1.82, 2.24) is 4.90 Å². The van der Waals surface area contributed by atoms with E-state index in [1.165, 1.54) is 18.2 Å². The third-order valence-corrected chi connectivity index (χ3v) is 2.32. The van der Waals surface area contributed by atoms with Gasteiger partial charge < -0.3 is 10.0 Å². The molecule has 0 radical (unpaired) electrons. The van der Waals surface area contributed by atoms with Gasteiger partial charge in [0.05, 0.1) is 10.6 Å². The molecule has 0 heterocycles. The molecule has 16 heavy (non-hydrogen) atoms. The zero-order chi connectivity index (χ0) is 12.3. The second-order valence-corrected chi connectivity index (χ2v) is 4.27. The van der Waals surface area contributed by atoms with Crippen LogP contribution in [0.5, 0.6) is 5.75 Å². The van der Waals surface area contributed by atoms with Gasteiger partial charge in [-0.25, -0.2) is 0 Å². The number of hydrogen-bond acceptors (Lipinski definition) is 3. The third kappa shape index (κ3) is 3.15. The largest absolute Gasteiger partial charge is 0.506 e. The standard InChI is InChI=1S/C11H11Cl2NO2/c1-14(2)4-3-10(15)8-5-7(12)6-9(13)11(8)16/h3-6,16H,1-2H3. The number of phenolic OH excluding ortho intramolecular Hbond substituents is 1. The highest BCUT2D eigenvalue weighted by Gasteiger charge is 2.12.